The molecule has 2 rings (SSSR count). The molecule has 2 aromatic rings. The molecule has 1 heterocycles. The Hall–Kier alpha value is -2.83. The highest BCUT2D eigenvalue weighted by molar-refractivity contribution is 5.93. The second-order valence-corrected chi connectivity index (χ2v) is 4.82. The van der Waals surface area contributed by atoms with Gasteiger partial charge in [0.05, 0.1) is 12.7 Å². The van der Waals surface area contributed by atoms with Gasteiger partial charge in [-0.1, -0.05) is 13.0 Å². The summed E-state index contributed by atoms with van der Waals surface area (Å²) in [7, 11) is 1.48. The van der Waals surface area contributed by atoms with Gasteiger partial charge >= 0.3 is 5.97 Å². The summed E-state index contributed by atoms with van der Waals surface area (Å²) < 4.78 is 10.3. The number of methoxy groups -OCH3 is 1. The van der Waals surface area contributed by atoms with Crippen LogP contribution in [0.2, 0.25) is 0 Å². The van der Waals surface area contributed by atoms with Crippen LogP contribution in [0.1, 0.15) is 39.1 Å². The molecule has 0 atom stereocenters. The molecule has 1 aromatic heterocycles. The van der Waals surface area contributed by atoms with Crippen molar-refractivity contribution in [1.82, 2.24) is 10.3 Å². The summed E-state index contributed by atoms with van der Waals surface area (Å²) >= 11 is 0. The third kappa shape index (κ3) is 3.88. The quantitative estimate of drug-likeness (QED) is 0.808. The van der Waals surface area contributed by atoms with Gasteiger partial charge in [-0.15, -0.1) is 0 Å². The maximum absolute atomic E-state index is 12.0. The first-order valence-electron chi connectivity index (χ1n) is 7.17. The zero-order valence-electron chi connectivity index (χ0n) is 13.0. The van der Waals surface area contributed by atoms with Crippen LogP contribution in [-0.4, -0.2) is 35.6 Å². The Kier molecular flexibility index (Phi) is 5.35. The number of nitrogens with zero attached hydrogens (tertiary/aromatic N) is 1. The lowest BCUT2D eigenvalue weighted by Gasteiger charge is -2.10. The molecule has 0 fully saturated rings. The second-order valence-electron chi connectivity index (χ2n) is 4.82. The number of carboxylic acids is 1. The van der Waals surface area contributed by atoms with Gasteiger partial charge < -0.3 is 19.6 Å². The number of carbonyl (C=O) groups excluding carboxylic acids is 1. The Balaban J connectivity index is 1.98. The van der Waals surface area contributed by atoms with Crippen molar-refractivity contribution in [2.75, 3.05) is 13.7 Å². The van der Waals surface area contributed by atoms with E-state index in [-0.39, 0.29) is 11.5 Å². The van der Waals surface area contributed by atoms with E-state index in [1.54, 1.807) is 6.07 Å². The van der Waals surface area contributed by atoms with Crippen LogP contribution < -0.4 is 10.1 Å². The fraction of sp³-hybridized carbons (Fsp3) is 0.312. The van der Waals surface area contributed by atoms with Crippen molar-refractivity contribution in [3.63, 3.8) is 0 Å². The van der Waals surface area contributed by atoms with Crippen LogP contribution in [0.25, 0.3) is 0 Å². The Morgan fingerprint density at radius 3 is 2.83 bits per heavy atom. The molecule has 0 saturated carbocycles. The number of benzene rings is 1. The van der Waals surface area contributed by atoms with E-state index in [2.05, 4.69) is 10.3 Å². The van der Waals surface area contributed by atoms with Crippen LogP contribution in [0.3, 0.4) is 0 Å². The third-order valence-corrected chi connectivity index (χ3v) is 3.39. The van der Waals surface area contributed by atoms with Crippen molar-refractivity contribution < 1.29 is 23.8 Å². The molecule has 0 aliphatic carbocycles. The molecule has 1 amide bonds. The van der Waals surface area contributed by atoms with Gasteiger partial charge in [0.25, 0.3) is 5.91 Å². The maximum atomic E-state index is 12.0. The fourth-order valence-electron chi connectivity index (χ4n) is 2.19. The average Bonchev–Trinajstić information content (AvgIpc) is 3.03. The topological polar surface area (TPSA) is 102 Å². The van der Waals surface area contributed by atoms with Gasteiger partial charge in [0, 0.05) is 13.0 Å². The SMILES string of the molecule is CCc1ocnc1C(=O)NCCc1ccc(C(=O)O)cc1OC. The molecule has 0 aliphatic rings. The standard InChI is InChI=1S/C16H18N2O5/c1-3-12-14(18-9-23-12)15(19)17-7-6-10-4-5-11(16(20)21)8-13(10)22-2/h4-5,8-9H,3,6-7H2,1-2H3,(H,17,19)(H,20,21). The molecule has 0 bridgehead atoms. The summed E-state index contributed by atoms with van der Waals surface area (Å²) in [5, 5.41) is 11.7. The van der Waals surface area contributed by atoms with Crippen molar-refractivity contribution in [1.29, 1.82) is 0 Å². The summed E-state index contributed by atoms with van der Waals surface area (Å²) in [6.45, 7) is 2.25. The summed E-state index contributed by atoms with van der Waals surface area (Å²) in [5.74, 6) is -0.279. The van der Waals surface area contributed by atoms with E-state index in [1.807, 2.05) is 6.92 Å². The summed E-state index contributed by atoms with van der Waals surface area (Å²) in [5.41, 5.74) is 1.26. The van der Waals surface area contributed by atoms with E-state index in [4.69, 9.17) is 14.3 Å². The summed E-state index contributed by atoms with van der Waals surface area (Å²) in [4.78, 5) is 26.9. The maximum Gasteiger partial charge on any atom is 0.335 e. The van der Waals surface area contributed by atoms with Gasteiger partial charge in [-0.25, -0.2) is 9.78 Å². The van der Waals surface area contributed by atoms with Crippen molar-refractivity contribution in [2.45, 2.75) is 19.8 Å². The van der Waals surface area contributed by atoms with E-state index < -0.39 is 5.97 Å². The Labute approximate surface area is 133 Å². The minimum absolute atomic E-state index is 0.157. The highest BCUT2D eigenvalue weighted by Crippen LogP contribution is 2.20. The Morgan fingerprint density at radius 1 is 1.39 bits per heavy atom. The minimum Gasteiger partial charge on any atom is -0.496 e. The van der Waals surface area contributed by atoms with Crippen LogP contribution >= 0.6 is 0 Å². The number of aromatic nitrogens is 1. The van der Waals surface area contributed by atoms with Crippen molar-refractivity contribution >= 4 is 11.9 Å². The van der Waals surface area contributed by atoms with Crippen LogP contribution in [0.4, 0.5) is 0 Å². The monoisotopic (exact) mass is 318 g/mol. The number of aromatic carboxylic acids is 1. The number of rotatable bonds is 7. The fourth-order valence-corrected chi connectivity index (χ4v) is 2.19. The first kappa shape index (κ1) is 16.5. The van der Waals surface area contributed by atoms with E-state index in [9.17, 15) is 9.59 Å². The zero-order valence-corrected chi connectivity index (χ0v) is 13.0. The van der Waals surface area contributed by atoms with Gasteiger partial charge in [-0.2, -0.15) is 0 Å². The normalized spacial score (nSPS) is 10.3. The molecule has 0 radical (unpaired) electrons. The molecule has 1 aromatic carbocycles. The zero-order chi connectivity index (χ0) is 16.8. The molecular weight excluding hydrogens is 300 g/mol. The lowest BCUT2D eigenvalue weighted by atomic mass is 10.1. The van der Waals surface area contributed by atoms with Gasteiger partial charge in [-0.3, -0.25) is 4.79 Å². The highest BCUT2D eigenvalue weighted by atomic mass is 16.5. The summed E-state index contributed by atoms with van der Waals surface area (Å²) in [6.07, 6.45) is 2.35. The average molecular weight is 318 g/mol. The van der Waals surface area contributed by atoms with Crippen LogP contribution in [-0.2, 0) is 12.8 Å². The molecule has 0 aliphatic heterocycles. The molecule has 0 saturated heterocycles. The highest BCUT2D eigenvalue weighted by Gasteiger charge is 2.15. The van der Waals surface area contributed by atoms with Gasteiger partial charge in [0.1, 0.15) is 11.5 Å². The van der Waals surface area contributed by atoms with E-state index in [0.29, 0.717) is 36.6 Å². The van der Waals surface area contributed by atoms with Gasteiger partial charge in [-0.05, 0) is 24.1 Å². The van der Waals surface area contributed by atoms with E-state index in [1.165, 1.54) is 25.6 Å². The number of carboxylic acid groups (broad SMARTS) is 1. The van der Waals surface area contributed by atoms with E-state index in [0.717, 1.165) is 5.56 Å². The van der Waals surface area contributed by atoms with Gasteiger partial charge in [0.15, 0.2) is 12.1 Å². The third-order valence-electron chi connectivity index (χ3n) is 3.39. The van der Waals surface area contributed by atoms with Crippen molar-refractivity contribution in [3.05, 3.63) is 47.2 Å². The van der Waals surface area contributed by atoms with Crippen LogP contribution in [0, 0.1) is 0 Å². The number of hydrogen-bond acceptors (Lipinski definition) is 5. The Bertz CT molecular complexity index is 708. The number of amides is 1. The number of hydrogen-bond donors (Lipinski definition) is 2. The largest absolute Gasteiger partial charge is 0.496 e. The minimum atomic E-state index is -1.01. The first-order valence-corrected chi connectivity index (χ1v) is 7.17. The van der Waals surface area contributed by atoms with Crippen LogP contribution in [0.5, 0.6) is 5.75 Å². The predicted octanol–water partition coefficient (Wildman–Crippen LogP) is 1.92. The molecule has 2 N–H and O–H groups in total. The van der Waals surface area contributed by atoms with Crippen molar-refractivity contribution in [2.24, 2.45) is 0 Å². The number of ether oxygens (including phenoxy) is 1. The molecule has 0 unspecified atom stereocenters. The molecular formula is C16H18N2O5. The predicted molar refractivity (Wildman–Crippen MR) is 81.9 cm³/mol. The lowest BCUT2D eigenvalue weighted by molar-refractivity contribution is 0.0696. The molecule has 7 nitrogen and oxygen atoms in total. The molecule has 122 valence electrons. The second kappa shape index (κ2) is 7.44. The Morgan fingerprint density at radius 2 is 2.17 bits per heavy atom. The lowest BCUT2D eigenvalue weighted by Crippen LogP contribution is -2.27. The van der Waals surface area contributed by atoms with Crippen molar-refractivity contribution in [3.8, 4) is 5.75 Å². The molecule has 23 heavy (non-hydrogen) atoms. The molecule has 7 heteroatoms. The van der Waals surface area contributed by atoms with Gasteiger partial charge in [0.2, 0.25) is 0 Å². The number of aryl methyl sites for hydroxylation is 1. The number of oxazole rings is 1. The molecule has 0 spiro atoms. The number of nitrogens with one attached hydrogen (secondary N) is 1. The first-order chi connectivity index (χ1) is 11.1. The summed E-state index contributed by atoms with van der Waals surface area (Å²) in [6, 6.07) is 4.66. The number of carbonyl (C=O) groups is 2. The van der Waals surface area contributed by atoms with Crippen LogP contribution in [0.15, 0.2) is 29.0 Å². The smallest absolute Gasteiger partial charge is 0.335 e. The van der Waals surface area contributed by atoms with E-state index >= 15 is 0 Å².